The summed E-state index contributed by atoms with van der Waals surface area (Å²) in [6.45, 7) is 6.75. The second-order valence-corrected chi connectivity index (χ2v) is 5.07. The van der Waals surface area contributed by atoms with Crippen LogP contribution in [0, 0.1) is 11.3 Å². The zero-order valence-electron chi connectivity index (χ0n) is 9.23. The summed E-state index contributed by atoms with van der Waals surface area (Å²) < 4.78 is 0. The highest BCUT2D eigenvalue weighted by molar-refractivity contribution is 5.86. The van der Waals surface area contributed by atoms with Gasteiger partial charge in [0.15, 0.2) is 0 Å². The molecule has 0 aliphatic heterocycles. The fourth-order valence-electron chi connectivity index (χ4n) is 2.39. The smallest absolute Gasteiger partial charge is 0.134 e. The molecular formula is C12H22O. The van der Waals surface area contributed by atoms with Crippen LogP contribution >= 0.6 is 0 Å². The number of rotatable bonds is 5. The van der Waals surface area contributed by atoms with Crippen LogP contribution in [0.4, 0.5) is 0 Å². The average molecular weight is 182 g/mol. The summed E-state index contributed by atoms with van der Waals surface area (Å²) in [4.78, 5) is 11.0. The van der Waals surface area contributed by atoms with Gasteiger partial charge in [-0.25, -0.2) is 0 Å². The summed E-state index contributed by atoms with van der Waals surface area (Å²) in [5, 5.41) is 0. The molecule has 1 fully saturated rings. The number of hydrogen-bond acceptors (Lipinski definition) is 1. The Bertz CT molecular complexity index is 174. The maximum absolute atomic E-state index is 11.0. The van der Waals surface area contributed by atoms with E-state index < -0.39 is 0 Å². The van der Waals surface area contributed by atoms with E-state index in [-0.39, 0.29) is 0 Å². The number of carbonyl (C=O) groups excluding carboxylic acids is 1. The van der Waals surface area contributed by atoms with Crippen molar-refractivity contribution in [3.63, 3.8) is 0 Å². The Balaban J connectivity index is 2.35. The quantitative estimate of drug-likeness (QED) is 0.635. The Kier molecular flexibility index (Phi) is 3.52. The number of ketones is 1. The molecule has 0 N–H and O–H groups in total. The van der Waals surface area contributed by atoms with Crippen molar-refractivity contribution in [3.8, 4) is 0 Å². The van der Waals surface area contributed by atoms with Crippen molar-refractivity contribution in [2.45, 2.75) is 59.3 Å². The number of carbonyl (C=O) groups is 1. The first-order valence-electron chi connectivity index (χ1n) is 5.60. The SMILES string of the molecule is CCCC1(CCC(C)C)CC(=O)C1. The lowest BCUT2D eigenvalue weighted by Gasteiger charge is -2.41. The van der Waals surface area contributed by atoms with Gasteiger partial charge in [-0.1, -0.05) is 33.6 Å². The highest BCUT2D eigenvalue weighted by Crippen LogP contribution is 2.46. The van der Waals surface area contributed by atoms with Gasteiger partial charge < -0.3 is 0 Å². The van der Waals surface area contributed by atoms with Crippen LogP contribution in [0.25, 0.3) is 0 Å². The van der Waals surface area contributed by atoms with Gasteiger partial charge in [0, 0.05) is 12.8 Å². The topological polar surface area (TPSA) is 17.1 Å². The molecule has 0 radical (unpaired) electrons. The minimum Gasteiger partial charge on any atom is -0.300 e. The Labute approximate surface area is 81.9 Å². The molecule has 0 heterocycles. The van der Waals surface area contributed by atoms with Crippen molar-refractivity contribution in [1.82, 2.24) is 0 Å². The van der Waals surface area contributed by atoms with E-state index in [0.29, 0.717) is 11.2 Å². The zero-order valence-corrected chi connectivity index (χ0v) is 9.23. The summed E-state index contributed by atoms with van der Waals surface area (Å²) in [7, 11) is 0. The fourth-order valence-corrected chi connectivity index (χ4v) is 2.39. The van der Waals surface area contributed by atoms with E-state index in [9.17, 15) is 4.79 Å². The average Bonchev–Trinajstić information content (AvgIpc) is 1.98. The molecule has 1 rings (SSSR count). The molecule has 0 aromatic carbocycles. The number of hydrogen-bond donors (Lipinski definition) is 0. The van der Waals surface area contributed by atoms with Gasteiger partial charge in [-0.15, -0.1) is 0 Å². The lowest BCUT2D eigenvalue weighted by Crippen LogP contribution is -2.37. The van der Waals surface area contributed by atoms with Crippen LogP contribution < -0.4 is 0 Å². The number of Topliss-reactive ketones (excluding diaryl/α,β-unsaturated/α-hetero) is 1. The van der Waals surface area contributed by atoms with E-state index in [4.69, 9.17) is 0 Å². The van der Waals surface area contributed by atoms with Gasteiger partial charge in [0.1, 0.15) is 5.78 Å². The maximum Gasteiger partial charge on any atom is 0.134 e. The van der Waals surface area contributed by atoms with Crippen molar-refractivity contribution >= 4 is 5.78 Å². The van der Waals surface area contributed by atoms with E-state index >= 15 is 0 Å². The lowest BCUT2D eigenvalue weighted by atomic mass is 9.62. The molecule has 0 bridgehead atoms. The zero-order chi connectivity index (χ0) is 9.90. The summed E-state index contributed by atoms with van der Waals surface area (Å²) in [5.41, 5.74) is 0.427. The molecule has 0 amide bonds. The molecule has 0 saturated heterocycles. The third-order valence-corrected chi connectivity index (χ3v) is 3.18. The van der Waals surface area contributed by atoms with Crippen molar-refractivity contribution in [2.75, 3.05) is 0 Å². The Morgan fingerprint density at radius 2 is 1.92 bits per heavy atom. The third-order valence-electron chi connectivity index (χ3n) is 3.18. The molecule has 1 nitrogen and oxygen atoms in total. The minimum absolute atomic E-state index is 0.427. The van der Waals surface area contributed by atoms with E-state index in [1.807, 2.05) is 0 Å². The van der Waals surface area contributed by atoms with Crippen LogP contribution in [-0.2, 0) is 4.79 Å². The fraction of sp³-hybridized carbons (Fsp3) is 0.917. The molecule has 1 aliphatic rings. The molecule has 0 aromatic rings. The molecule has 13 heavy (non-hydrogen) atoms. The molecular weight excluding hydrogens is 160 g/mol. The van der Waals surface area contributed by atoms with E-state index in [2.05, 4.69) is 20.8 Å². The van der Waals surface area contributed by atoms with Gasteiger partial charge in [0.05, 0.1) is 0 Å². The van der Waals surface area contributed by atoms with Crippen molar-refractivity contribution in [3.05, 3.63) is 0 Å². The Hall–Kier alpha value is -0.330. The molecule has 0 atom stereocenters. The highest BCUT2D eigenvalue weighted by atomic mass is 16.1. The summed E-state index contributed by atoms with van der Waals surface area (Å²) in [6.07, 6.45) is 6.77. The first kappa shape index (κ1) is 10.7. The van der Waals surface area contributed by atoms with Gasteiger partial charge >= 0.3 is 0 Å². The first-order valence-corrected chi connectivity index (χ1v) is 5.60. The monoisotopic (exact) mass is 182 g/mol. The van der Waals surface area contributed by atoms with Gasteiger partial charge in [0.25, 0.3) is 0 Å². The standard InChI is InChI=1S/C12H22O/c1-4-6-12(7-5-10(2)3)8-11(13)9-12/h10H,4-9H2,1-3H3. The molecule has 1 saturated carbocycles. The van der Waals surface area contributed by atoms with Crippen molar-refractivity contribution in [2.24, 2.45) is 11.3 Å². The largest absolute Gasteiger partial charge is 0.300 e. The second kappa shape index (κ2) is 4.26. The molecule has 0 spiro atoms. The normalized spacial score (nSPS) is 20.5. The summed E-state index contributed by atoms with van der Waals surface area (Å²) in [6, 6.07) is 0. The van der Waals surface area contributed by atoms with Gasteiger partial charge in [0.2, 0.25) is 0 Å². The molecule has 76 valence electrons. The second-order valence-electron chi connectivity index (χ2n) is 5.07. The van der Waals surface area contributed by atoms with Crippen LogP contribution in [0.1, 0.15) is 59.3 Å². The van der Waals surface area contributed by atoms with Crippen LogP contribution in [0.15, 0.2) is 0 Å². The van der Waals surface area contributed by atoms with Crippen LogP contribution in [0.5, 0.6) is 0 Å². The first-order chi connectivity index (χ1) is 6.08. The van der Waals surface area contributed by atoms with Gasteiger partial charge in [-0.3, -0.25) is 4.79 Å². The van der Waals surface area contributed by atoms with Crippen molar-refractivity contribution < 1.29 is 4.79 Å². The molecule has 0 unspecified atom stereocenters. The van der Waals surface area contributed by atoms with Gasteiger partial charge in [-0.05, 0) is 24.2 Å². The molecule has 1 aliphatic carbocycles. The van der Waals surface area contributed by atoms with Crippen LogP contribution in [0.2, 0.25) is 0 Å². The van der Waals surface area contributed by atoms with Gasteiger partial charge in [-0.2, -0.15) is 0 Å². The predicted molar refractivity (Wildman–Crippen MR) is 55.7 cm³/mol. The van der Waals surface area contributed by atoms with Crippen LogP contribution in [-0.4, -0.2) is 5.78 Å². The van der Waals surface area contributed by atoms with E-state index in [1.165, 1.54) is 25.7 Å². The Morgan fingerprint density at radius 1 is 1.31 bits per heavy atom. The van der Waals surface area contributed by atoms with Crippen LogP contribution in [0.3, 0.4) is 0 Å². The molecule has 0 aromatic heterocycles. The van der Waals surface area contributed by atoms with E-state index in [0.717, 1.165) is 18.8 Å². The maximum atomic E-state index is 11.0. The predicted octanol–water partition coefficient (Wildman–Crippen LogP) is 3.57. The van der Waals surface area contributed by atoms with E-state index in [1.54, 1.807) is 0 Å². The molecule has 1 heteroatoms. The Morgan fingerprint density at radius 3 is 2.31 bits per heavy atom. The van der Waals surface area contributed by atoms with Crippen molar-refractivity contribution in [1.29, 1.82) is 0 Å². The minimum atomic E-state index is 0.427. The highest BCUT2D eigenvalue weighted by Gasteiger charge is 2.41. The lowest BCUT2D eigenvalue weighted by molar-refractivity contribution is -0.133. The third kappa shape index (κ3) is 2.82. The summed E-state index contributed by atoms with van der Waals surface area (Å²) in [5.74, 6) is 1.27. The summed E-state index contributed by atoms with van der Waals surface area (Å²) >= 11 is 0.